The summed E-state index contributed by atoms with van der Waals surface area (Å²) in [6, 6.07) is -0.0859. The number of nitrogens with zero attached hydrogens (tertiary/aromatic N) is 2. The van der Waals surface area contributed by atoms with Gasteiger partial charge in [-0.3, -0.25) is 4.79 Å². The fourth-order valence-electron chi connectivity index (χ4n) is 1.45. The average molecular weight is 266 g/mol. The van der Waals surface area contributed by atoms with Crippen molar-refractivity contribution >= 4 is 16.2 Å². The zero-order chi connectivity index (χ0) is 13.6. The molecule has 0 saturated carbocycles. The van der Waals surface area contributed by atoms with Crippen LogP contribution in [0.5, 0.6) is 0 Å². The van der Waals surface area contributed by atoms with Gasteiger partial charge in [0.1, 0.15) is 0 Å². The van der Waals surface area contributed by atoms with Gasteiger partial charge in [0.25, 0.3) is 10.2 Å². The topological polar surface area (TPSA) is 77.9 Å². The van der Waals surface area contributed by atoms with Crippen molar-refractivity contribution < 1.29 is 18.3 Å². The average Bonchev–Trinajstić information content (AvgIpc) is 2.25. The molecule has 0 aliphatic rings. The van der Waals surface area contributed by atoms with Crippen molar-refractivity contribution in [2.75, 3.05) is 20.1 Å². The largest absolute Gasteiger partial charge is 0.481 e. The molecule has 6 nitrogen and oxygen atoms in total. The number of carboxylic acids is 1. The van der Waals surface area contributed by atoms with Crippen LogP contribution < -0.4 is 0 Å². The highest BCUT2D eigenvalue weighted by atomic mass is 32.2. The Hall–Kier alpha value is -0.660. The number of aliphatic carboxylic acids is 1. The third-order valence-corrected chi connectivity index (χ3v) is 4.91. The summed E-state index contributed by atoms with van der Waals surface area (Å²) in [5, 5.41) is 8.54. The van der Waals surface area contributed by atoms with Crippen molar-refractivity contribution in [1.29, 1.82) is 0 Å². The summed E-state index contributed by atoms with van der Waals surface area (Å²) < 4.78 is 26.7. The van der Waals surface area contributed by atoms with Crippen LogP contribution in [0.25, 0.3) is 0 Å². The Bertz CT molecular complexity index is 342. The SMILES string of the molecule is CCC(C)N(CC)S(=O)(=O)N(C)CCC(=O)O. The van der Waals surface area contributed by atoms with Gasteiger partial charge in [0, 0.05) is 26.2 Å². The van der Waals surface area contributed by atoms with Crippen LogP contribution in [0.4, 0.5) is 0 Å². The van der Waals surface area contributed by atoms with Crippen LogP contribution in [0.1, 0.15) is 33.6 Å². The van der Waals surface area contributed by atoms with Gasteiger partial charge >= 0.3 is 5.97 Å². The second kappa shape index (κ2) is 6.93. The first-order valence-electron chi connectivity index (χ1n) is 5.72. The second-order valence-electron chi connectivity index (χ2n) is 3.93. The lowest BCUT2D eigenvalue weighted by Crippen LogP contribution is -2.46. The van der Waals surface area contributed by atoms with E-state index in [1.807, 2.05) is 13.8 Å². The van der Waals surface area contributed by atoms with E-state index in [2.05, 4.69) is 0 Å². The molecule has 1 N–H and O–H groups in total. The zero-order valence-corrected chi connectivity index (χ0v) is 11.7. The Morgan fingerprint density at radius 2 is 1.88 bits per heavy atom. The summed E-state index contributed by atoms with van der Waals surface area (Å²) in [7, 11) is -2.15. The van der Waals surface area contributed by atoms with Crippen LogP contribution >= 0.6 is 0 Å². The Labute approximate surface area is 103 Å². The van der Waals surface area contributed by atoms with Crippen molar-refractivity contribution in [2.24, 2.45) is 0 Å². The molecule has 0 spiro atoms. The van der Waals surface area contributed by atoms with Gasteiger partial charge in [-0.25, -0.2) is 0 Å². The molecule has 0 bridgehead atoms. The zero-order valence-electron chi connectivity index (χ0n) is 10.9. The van der Waals surface area contributed by atoms with E-state index < -0.39 is 16.2 Å². The minimum Gasteiger partial charge on any atom is -0.481 e. The monoisotopic (exact) mass is 266 g/mol. The highest BCUT2D eigenvalue weighted by Crippen LogP contribution is 2.13. The Balaban J connectivity index is 4.78. The molecule has 102 valence electrons. The first-order chi connectivity index (χ1) is 7.77. The van der Waals surface area contributed by atoms with E-state index in [-0.39, 0.29) is 19.0 Å². The van der Waals surface area contributed by atoms with Crippen LogP contribution in [0, 0.1) is 0 Å². The number of rotatable bonds is 8. The van der Waals surface area contributed by atoms with Crippen molar-refractivity contribution in [2.45, 2.75) is 39.7 Å². The summed E-state index contributed by atoms with van der Waals surface area (Å²) in [6.07, 6.45) is 0.535. The van der Waals surface area contributed by atoms with Crippen LogP contribution in [0.2, 0.25) is 0 Å². The molecule has 7 heteroatoms. The molecular weight excluding hydrogens is 244 g/mol. The number of hydrogen-bond acceptors (Lipinski definition) is 3. The van der Waals surface area contributed by atoms with Gasteiger partial charge in [-0.15, -0.1) is 0 Å². The summed E-state index contributed by atoms with van der Waals surface area (Å²) in [6.45, 7) is 5.90. The number of carboxylic acid groups (broad SMARTS) is 1. The number of carbonyl (C=O) groups is 1. The molecular formula is C10H22N2O4S. The molecule has 0 aromatic carbocycles. The van der Waals surface area contributed by atoms with Gasteiger partial charge in [0.2, 0.25) is 0 Å². The molecule has 0 saturated heterocycles. The molecule has 0 aromatic heterocycles. The molecule has 0 aliphatic carbocycles. The van der Waals surface area contributed by atoms with Crippen LogP contribution in [0.15, 0.2) is 0 Å². The van der Waals surface area contributed by atoms with Crippen LogP contribution in [0.3, 0.4) is 0 Å². The molecule has 17 heavy (non-hydrogen) atoms. The minimum atomic E-state index is -3.55. The quantitative estimate of drug-likeness (QED) is 0.703. The molecule has 0 amide bonds. The summed E-state index contributed by atoms with van der Waals surface area (Å²) >= 11 is 0. The van der Waals surface area contributed by atoms with Gasteiger partial charge in [-0.1, -0.05) is 13.8 Å². The van der Waals surface area contributed by atoms with E-state index in [0.717, 1.165) is 10.7 Å². The van der Waals surface area contributed by atoms with Gasteiger partial charge in [-0.2, -0.15) is 17.0 Å². The normalized spacial score (nSPS) is 14.2. The Morgan fingerprint density at radius 1 is 1.35 bits per heavy atom. The molecule has 1 atom stereocenters. The van der Waals surface area contributed by atoms with Crippen molar-refractivity contribution in [1.82, 2.24) is 8.61 Å². The van der Waals surface area contributed by atoms with E-state index in [4.69, 9.17) is 5.11 Å². The maximum absolute atomic E-state index is 12.1. The van der Waals surface area contributed by atoms with E-state index in [9.17, 15) is 13.2 Å². The smallest absolute Gasteiger partial charge is 0.304 e. The highest BCUT2D eigenvalue weighted by molar-refractivity contribution is 7.86. The van der Waals surface area contributed by atoms with Crippen molar-refractivity contribution in [3.05, 3.63) is 0 Å². The predicted octanol–water partition coefficient (Wildman–Crippen LogP) is 0.758. The van der Waals surface area contributed by atoms with Gasteiger partial charge in [0.15, 0.2) is 0 Å². The summed E-state index contributed by atoms with van der Waals surface area (Å²) in [5.74, 6) is -1.00. The highest BCUT2D eigenvalue weighted by Gasteiger charge is 2.28. The van der Waals surface area contributed by atoms with E-state index >= 15 is 0 Å². The predicted molar refractivity (Wildman–Crippen MR) is 65.9 cm³/mol. The Kier molecular flexibility index (Phi) is 6.66. The Morgan fingerprint density at radius 3 is 2.24 bits per heavy atom. The van der Waals surface area contributed by atoms with Crippen molar-refractivity contribution in [3.8, 4) is 0 Å². The standard InChI is InChI=1S/C10H22N2O4S/c1-5-9(3)12(6-2)17(15,16)11(4)8-7-10(13)14/h9H,5-8H2,1-4H3,(H,13,14). The number of hydrogen-bond donors (Lipinski definition) is 1. The lowest BCUT2D eigenvalue weighted by Gasteiger charge is -2.30. The summed E-state index contributed by atoms with van der Waals surface area (Å²) in [5.41, 5.74) is 0. The van der Waals surface area contributed by atoms with Gasteiger partial charge in [0.05, 0.1) is 6.42 Å². The fourth-order valence-corrected chi connectivity index (χ4v) is 3.06. The van der Waals surface area contributed by atoms with Crippen LogP contribution in [-0.2, 0) is 15.0 Å². The van der Waals surface area contributed by atoms with Gasteiger partial charge in [-0.05, 0) is 13.3 Å². The van der Waals surface area contributed by atoms with Crippen molar-refractivity contribution in [3.63, 3.8) is 0 Å². The molecule has 0 fully saturated rings. The van der Waals surface area contributed by atoms with Gasteiger partial charge < -0.3 is 5.11 Å². The lowest BCUT2D eigenvalue weighted by molar-refractivity contribution is -0.137. The summed E-state index contributed by atoms with van der Waals surface area (Å²) in [4.78, 5) is 10.4. The van der Waals surface area contributed by atoms with E-state index in [0.29, 0.717) is 6.54 Å². The molecule has 0 heterocycles. The van der Waals surface area contributed by atoms with Crippen LogP contribution in [-0.4, -0.2) is 54.3 Å². The third kappa shape index (κ3) is 4.61. The van der Waals surface area contributed by atoms with E-state index in [1.165, 1.54) is 11.4 Å². The molecule has 0 rings (SSSR count). The first kappa shape index (κ1) is 16.3. The molecule has 0 aromatic rings. The van der Waals surface area contributed by atoms with E-state index in [1.54, 1.807) is 6.92 Å². The molecule has 0 radical (unpaired) electrons. The lowest BCUT2D eigenvalue weighted by atomic mass is 10.3. The fraction of sp³-hybridized carbons (Fsp3) is 0.900. The maximum atomic E-state index is 12.1. The second-order valence-corrected chi connectivity index (χ2v) is 5.92. The molecule has 1 unspecified atom stereocenters. The first-order valence-corrected chi connectivity index (χ1v) is 7.11. The minimum absolute atomic E-state index is 0.00932. The molecule has 0 aliphatic heterocycles. The third-order valence-electron chi connectivity index (χ3n) is 2.72. The maximum Gasteiger partial charge on any atom is 0.304 e.